The van der Waals surface area contributed by atoms with Gasteiger partial charge in [0.25, 0.3) is 0 Å². The van der Waals surface area contributed by atoms with Gasteiger partial charge < -0.3 is 19.5 Å². The van der Waals surface area contributed by atoms with Crippen LogP contribution in [0.1, 0.15) is 11.4 Å². The molecular weight excluding hydrogens is 268 g/mol. The Balaban J connectivity index is 1.70. The number of methoxy groups -OCH3 is 1. The summed E-state index contributed by atoms with van der Waals surface area (Å²) in [5, 5.41) is 2.91. The molecule has 6 nitrogen and oxygen atoms in total. The van der Waals surface area contributed by atoms with Crippen molar-refractivity contribution in [3.05, 3.63) is 42.0 Å². The summed E-state index contributed by atoms with van der Waals surface area (Å²) in [5.74, 6) is 0.723. The van der Waals surface area contributed by atoms with Crippen LogP contribution in [0.15, 0.2) is 30.6 Å². The number of fused-ring (bicyclic) bond motifs is 1. The van der Waals surface area contributed by atoms with Gasteiger partial charge in [-0.05, 0) is 12.1 Å². The fraction of sp³-hybridized carbons (Fsp3) is 0.333. The number of benzene rings is 1. The van der Waals surface area contributed by atoms with Crippen molar-refractivity contribution in [3.8, 4) is 5.75 Å². The summed E-state index contributed by atoms with van der Waals surface area (Å²) in [5.41, 5.74) is 2.92. The number of hydrogen-bond donors (Lipinski definition) is 1. The Morgan fingerprint density at radius 3 is 3.10 bits per heavy atom. The van der Waals surface area contributed by atoms with E-state index in [1.165, 1.54) is 0 Å². The van der Waals surface area contributed by atoms with Crippen LogP contribution in [0, 0.1) is 0 Å². The average Bonchev–Trinajstić information content (AvgIpc) is 2.88. The minimum Gasteiger partial charge on any atom is -0.497 e. The quantitative estimate of drug-likeness (QED) is 0.919. The number of hydrogen-bond acceptors (Lipinski definition) is 3. The van der Waals surface area contributed by atoms with Crippen LogP contribution < -0.4 is 10.1 Å². The Morgan fingerprint density at radius 2 is 2.29 bits per heavy atom. The highest BCUT2D eigenvalue weighted by Gasteiger charge is 2.23. The van der Waals surface area contributed by atoms with Crippen molar-refractivity contribution in [2.45, 2.75) is 13.0 Å². The highest BCUT2D eigenvalue weighted by Crippen LogP contribution is 2.20. The van der Waals surface area contributed by atoms with Gasteiger partial charge in [0.15, 0.2) is 0 Å². The monoisotopic (exact) mass is 286 g/mol. The molecule has 1 aromatic heterocycles. The number of amides is 2. The molecule has 0 unspecified atom stereocenters. The summed E-state index contributed by atoms with van der Waals surface area (Å²) in [6.45, 7) is 1.27. The number of anilines is 1. The van der Waals surface area contributed by atoms with Crippen molar-refractivity contribution in [3.63, 3.8) is 0 Å². The third kappa shape index (κ3) is 2.69. The number of urea groups is 1. The van der Waals surface area contributed by atoms with Crippen LogP contribution >= 0.6 is 0 Å². The number of aromatic nitrogens is 2. The summed E-state index contributed by atoms with van der Waals surface area (Å²) in [6.07, 6.45) is 2.59. The number of ether oxygens (including phenoxy) is 1. The van der Waals surface area contributed by atoms with Crippen molar-refractivity contribution < 1.29 is 9.53 Å². The summed E-state index contributed by atoms with van der Waals surface area (Å²) in [4.78, 5) is 18.5. The van der Waals surface area contributed by atoms with Crippen LogP contribution in [0.4, 0.5) is 10.5 Å². The Bertz CT molecular complexity index is 665. The first kappa shape index (κ1) is 13.5. The van der Waals surface area contributed by atoms with Gasteiger partial charge in [-0.1, -0.05) is 6.07 Å². The standard InChI is InChI=1S/C15H18N4O2/c1-18-10-16-13-6-7-19(9-14(13)18)15(20)17-11-4-3-5-12(8-11)21-2/h3-5,8,10H,6-7,9H2,1-2H3,(H,17,20). The molecule has 1 aliphatic rings. The topological polar surface area (TPSA) is 59.4 Å². The third-order valence-electron chi connectivity index (χ3n) is 3.71. The number of nitrogens with one attached hydrogen (secondary N) is 1. The average molecular weight is 286 g/mol. The highest BCUT2D eigenvalue weighted by molar-refractivity contribution is 5.89. The van der Waals surface area contributed by atoms with E-state index < -0.39 is 0 Å². The van der Waals surface area contributed by atoms with Gasteiger partial charge >= 0.3 is 6.03 Å². The zero-order valence-corrected chi connectivity index (χ0v) is 12.2. The molecule has 3 rings (SSSR count). The second kappa shape index (κ2) is 5.47. The van der Waals surface area contributed by atoms with Crippen molar-refractivity contribution in [2.75, 3.05) is 19.0 Å². The van der Waals surface area contributed by atoms with Crippen LogP contribution in [0.2, 0.25) is 0 Å². The van der Waals surface area contributed by atoms with Crippen molar-refractivity contribution in [1.82, 2.24) is 14.5 Å². The second-order valence-corrected chi connectivity index (χ2v) is 5.08. The number of imidazole rings is 1. The van der Waals surface area contributed by atoms with Crippen molar-refractivity contribution >= 4 is 11.7 Å². The first-order chi connectivity index (χ1) is 10.2. The number of carbonyl (C=O) groups is 1. The first-order valence-electron chi connectivity index (χ1n) is 6.86. The van der Waals surface area contributed by atoms with E-state index >= 15 is 0 Å². The minimum atomic E-state index is -0.102. The molecule has 2 aromatic rings. The normalized spacial score (nSPS) is 13.7. The lowest BCUT2D eigenvalue weighted by Crippen LogP contribution is -2.39. The molecule has 0 radical (unpaired) electrons. The summed E-state index contributed by atoms with van der Waals surface area (Å²) < 4.78 is 7.13. The van der Waals surface area contributed by atoms with Crippen molar-refractivity contribution in [2.24, 2.45) is 7.05 Å². The predicted molar refractivity (Wildman–Crippen MR) is 79.3 cm³/mol. The molecule has 0 spiro atoms. The molecule has 0 saturated heterocycles. The van der Waals surface area contributed by atoms with Crippen LogP contribution in [0.3, 0.4) is 0 Å². The summed E-state index contributed by atoms with van der Waals surface area (Å²) >= 11 is 0. The van der Waals surface area contributed by atoms with E-state index in [0.29, 0.717) is 13.1 Å². The Morgan fingerprint density at radius 1 is 1.43 bits per heavy atom. The summed E-state index contributed by atoms with van der Waals surface area (Å²) in [7, 11) is 3.56. The largest absolute Gasteiger partial charge is 0.497 e. The maximum Gasteiger partial charge on any atom is 0.322 e. The van der Waals surface area contributed by atoms with Gasteiger partial charge in [0.1, 0.15) is 5.75 Å². The third-order valence-corrected chi connectivity index (χ3v) is 3.71. The Hall–Kier alpha value is -2.50. The van der Waals surface area contributed by atoms with Gasteiger partial charge in [-0.25, -0.2) is 9.78 Å². The molecule has 0 saturated carbocycles. The van der Waals surface area contributed by atoms with E-state index in [1.807, 2.05) is 29.8 Å². The van der Waals surface area contributed by atoms with Gasteiger partial charge in [0.2, 0.25) is 0 Å². The lowest BCUT2D eigenvalue weighted by Gasteiger charge is -2.27. The second-order valence-electron chi connectivity index (χ2n) is 5.08. The highest BCUT2D eigenvalue weighted by atomic mass is 16.5. The molecule has 0 bridgehead atoms. The summed E-state index contributed by atoms with van der Waals surface area (Å²) in [6, 6.07) is 7.25. The van der Waals surface area contributed by atoms with Gasteiger partial charge in [-0.2, -0.15) is 0 Å². The molecule has 2 amide bonds. The zero-order valence-electron chi connectivity index (χ0n) is 12.2. The maximum atomic E-state index is 12.4. The predicted octanol–water partition coefficient (Wildman–Crippen LogP) is 2.02. The first-order valence-corrected chi connectivity index (χ1v) is 6.86. The molecule has 110 valence electrons. The molecule has 0 aliphatic carbocycles. The lowest BCUT2D eigenvalue weighted by molar-refractivity contribution is 0.204. The van der Waals surface area contributed by atoms with E-state index in [9.17, 15) is 4.79 Å². The molecule has 6 heteroatoms. The SMILES string of the molecule is COc1cccc(NC(=O)N2CCc3ncn(C)c3C2)c1. The van der Waals surface area contributed by atoms with Crippen LogP contribution in [0.25, 0.3) is 0 Å². The number of carbonyl (C=O) groups excluding carboxylic acids is 1. The maximum absolute atomic E-state index is 12.4. The molecule has 1 aliphatic heterocycles. The molecule has 2 heterocycles. The molecule has 1 N–H and O–H groups in total. The van der Waals surface area contributed by atoms with Gasteiger partial charge in [0.05, 0.1) is 31.4 Å². The number of nitrogens with zero attached hydrogens (tertiary/aromatic N) is 3. The lowest BCUT2D eigenvalue weighted by atomic mass is 10.1. The Labute approximate surface area is 123 Å². The molecule has 21 heavy (non-hydrogen) atoms. The number of rotatable bonds is 2. The zero-order chi connectivity index (χ0) is 14.8. The van der Waals surface area contributed by atoms with E-state index in [-0.39, 0.29) is 6.03 Å². The van der Waals surface area contributed by atoms with E-state index in [0.717, 1.165) is 29.2 Å². The van der Waals surface area contributed by atoms with Crippen LogP contribution in [0.5, 0.6) is 5.75 Å². The number of aryl methyl sites for hydroxylation is 1. The van der Waals surface area contributed by atoms with Gasteiger partial charge in [-0.3, -0.25) is 0 Å². The fourth-order valence-corrected chi connectivity index (χ4v) is 2.49. The van der Waals surface area contributed by atoms with E-state index in [4.69, 9.17) is 4.74 Å². The van der Waals surface area contributed by atoms with E-state index in [1.54, 1.807) is 24.4 Å². The van der Waals surface area contributed by atoms with Crippen LogP contribution in [-0.2, 0) is 20.0 Å². The Kier molecular flexibility index (Phi) is 3.51. The molecule has 1 aromatic carbocycles. The van der Waals surface area contributed by atoms with E-state index in [2.05, 4.69) is 10.3 Å². The molecular formula is C15H18N4O2. The van der Waals surface area contributed by atoms with Crippen LogP contribution in [-0.4, -0.2) is 34.1 Å². The molecule has 0 atom stereocenters. The van der Waals surface area contributed by atoms with Gasteiger partial charge in [0, 0.05) is 31.8 Å². The van der Waals surface area contributed by atoms with Crippen molar-refractivity contribution in [1.29, 1.82) is 0 Å². The smallest absolute Gasteiger partial charge is 0.322 e. The fourth-order valence-electron chi connectivity index (χ4n) is 2.49. The minimum absolute atomic E-state index is 0.102. The van der Waals surface area contributed by atoms with Gasteiger partial charge in [-0.15, -0.1) is 0 Å². The molecule has 0 fully saturated rings.